The molecule has 0 radical (unpaired) electrons. The number of piperazine rings is 1. The van der Waals surface area contributed by atoms with Gasteiger partial charge in [0.05, 0.1) is 39.4 Å². The number of para-hydroxylation sites is 1. The highest BCUT2D eigenvalue weighted by Gasteiger charge is 2.38. The van der Waals surface area contributed by atoms with Crippen LogP contribution in [0.15, 0.2) is 53.5 Å². The van der Waals surface area contributed by atoms with Crippen LogP contribution in [0.25, 0.3) is 38.6 Å². The zero-order valence-electron chi connectivity index (χ0n) is 26.8. The van der Waals surface area contributed by atoms with E-state index < -0.39 is 11.3 Å². The van der Waals surface area contributed by atoms with Gasteiger partial charge in [-0.1, -0.05) is 49.7 Å². The number of fused-ring (bicyclic) bond motifs is 3. The number of rotatable bonds is 3. The van der Waals surface area contributed by atoms with E-state index in [1.165, 1.54) is 0 Å². The summed E-state index contributed by atoms with van der Waals surface area (Å²) in [4.78, 5) is 35.8. The molecule has 2 aliphatic heterocycles. The number of carbonyl (C=O) groups is 1. The fraction of sp³-hybridized carbons (Fsp3) is 0.371. The second kappa shape index (κ2) is 11.0. The van der Waals surface area contributed by atoms with Crippen molar-refractivity contribution >= 4 is 45.3 Å². The van der Waals surface area contributed by atoms with Crippen LogP contribution in [0, 0.1) is 6.92 Å². The maximum absolute atomic E-state index is 14.3. The first-order valence-corrected chi connectivity index (χ1v) is 16.0. The van der Waals surface area contributed by atoms with E-state index >= 15 is 0 Å². The Labute approximate surface area is 271 Å². The number of H-pyrrole nitrogens is 1. The number of nitrogens with zero attached hydrogens (tertiary/aromatic N) is 5. The molecule has 0 bridgehead atoms. The lowest BCUT2D eigenvalue weighted by Crippen LogP contribution is -2.57. The molecule has 1 fully saturated rings. The van der Waals surface area contributed by atoms with E-state index in [4.69, 9.17) is 26.1 Å². The summed E-state index contributed by atoms with van der Waals surface area (Å²) in [5.74, 6) is 1.13. The molecule has 238 valence electrons. The molecule has 1 N–H and O–H groups in total. The van der Waals surface area contributed by atoms with Crippen molar-refractivity contribution < 1.29 is 14.3 Å². The molecule has 1 unspecified atom stereocenters. The molecule has 5 aromatic rings. The van der Waals surface area contributed by atoms with E-state index in [2.05, 4.69) is 28.9 Å². The van der Waals surface area contributed by atoms with Crippen molar-refractivity contribution in [1.82, 2.24) is 24.6 Å². The van der Waals surface area contributed by atoms with Crippen LogP contribution in [0.2, 0.25) is 5.02 Å². The van der Waals surface area contributed by atoms with Crippen molar-refractivity contribution in [1.29, 1.82) is 0 Å². The van der Waals surface area contributed by atoms with Crippen molar-refractivity contribution in [2.24, 2.45) is 0 Å². The summed E-state index contributed by atoms with van der Waals surface area (Å²) in [6.45, 7) is 13.3. The first-order chi connectivity index (χ1) is 21.9. The van der Waals surface area contributed by atoms with Crippen LogP contribution >= 0.6 is 11.6 Å². The molecular weight excluding hydrogens is 604 g/mol. The van der Waals surface area contributed by atoms with E-state index in [0.717, 1.165) is 38.8 Å². The molecule has 0 aliphatic carbocycles. The summed E-state index contributed by atoms with van der Waals surface area (Å²) in [7, 11) is 0. The fourth-order valence-electron chi connectivity index (χ4n) is 6.68. The molecule has 2 aliphatic rings. The van der Waals surface area contributed by atoms with Crippen LogP contribution in [0.3, 0.4) is 0 Å². The number of hydrogen-bond acceptors (Lipinski definition) is 7. The van der Waals surface area contributed by atoms with Gasteiger partial charge in [0.2, 0.25) is 0 Å². The van der Waals surface area contributed by atoms with E-state index in [9.17, 15) is 9.59 Å². The Morgan fingerprint density at radius 1 is 1.15 bits per heavy atom. The number of nitrogens with one attached hydrogen (secondary N) is 1. The minimum Gasteiger partial charge on any atom is -0.489 e. The SMILES string of the molecule is Cc1ccc2[nH]ncc2c1-c1cc2c3c(nc(=O)n2-c2ccccc2C(C)C)N2CCN(C(=O)OC(C)(C)C)CC2COc3c1Cl. The minimum atomic E-state index is -0.616. The summed E-state index contributed by atoms with van der Waals surface area (Å²) in [6, 6.07) is 13.6. The van der Waals surface area contributed by atoms with Gasteiger partial charge in [0.15, 0.2) is 5.75 Å². The Kier molecular flexibility index (Phi) is 7.23. The number of aromatic nitrogens is 4. The van der Waals surface area contributed by atoms with Gasteiger partial charge in [-0.2, -0.15) is 10.1 Å². The summed E-state index contributed by atoms with van der Waals surface area (Å²) < 4.78 is 14.0. The number of ether oxygens (including phenoxy) is 2. The zero-order valence-corrected chi connectivity index (χ0v) is 27.6. The highest BCUT2D eigenvalue weighted by molar-refractivity contribution is 6.37. The third kappa shape index (κ3) is 4.95. The van der Waals surface area contributed by atoms with Crippen LogP contribution in [0.5, 0.6) is 5.75 Å². The average Bonchev–Trinajstić information content (AvgIpc) is 3.42. The predicted octanol–water partition coefficient (Wildman–Crippen LogP) is 6.83. The smallest absolute Gasteiger partial charge is 0.410 e. The van der Waals surface area contributed by atoms with Gasteiger partial charge in [-0.25, -0.2) is 9.59 Å². The van der Waals surface area contributed by atoms with E-state index in [0.29, 0.717) is 47.1 Å². The van der Waals surface area contributed by atoms with Crippen molar-refractivity contribution in [3.05, 3.63) is 75.3 Å². The van der Waals surface area contributed by atoms with Gasteiger partial charge in [0.1, 0.15) is 18.0 Å². The Balaban J connectivity index is 1.49. The van der Waals surface area contributed by atoms with E-state index in [1.807, 2.05) is 70.2 Å². The Bertz CT molecular complexity index is 2080. The lowest BCUT2D eigenvalue weighted by Gasteiger charge is -2.41. The van der Waals surface area contributed by atoms with Crippen molar-refractivity contribution in [3.8, 4) is 22.6 Å². The Morgan fingerprint density at radius 3 is 2.70 bits per heavy atom. The molecule has 1 saturated heterocycles. The molecule has 10 nitrogen and oxygen atoms in total. The van der Waals surface area contributed by atoms with Crippen LogP contribution in [0.4, 0.5) is 10.6 Å². The highest BCUT2D eigenvalue weighted by atomic mass is 35.5. The topological polar surface area (TPSA) is 106 Å². The molecule has 46 heavy (non-hydrogen) atoms. The fourth-order valence-corrected chi connectivity index (χ4v) is 6.98. The number of hydrogen-bond donors (Lipinski definition) is 1. The second-order valence-corrected chi connectivity index (χ2v) is 13.8. The third-order valence-corrected chi connectivity index (χ3v) is 9.16. The van der Waals surface area contributed by atoms with Crippen molar-refractivity contribution in [2.75, 3.05) is 31.1 Å². The van der Waals surface area contributed by atoms with Crippen molar-refractivity contribution in [2.45, 2.75) is 59.1 Å². The van der Waals surface area contributed by atoms with Crippen LogP contribution in [0.1, 0.15) is 51.7 Å². The van der Waals surface area contributed by atoms with E-state index in [1.54, 1.807) is 15.7 Å². The van der Waals surface area contributed by atoms with Gasteiger partial charge in [-0.3, -0.25) is 9.67 Å². The normalized spacial score (nSPS) is 16.5. The number of anilines is 1. The van der Waals surface area contributed by atoms with Crippen LogP contribution in [-0.4, -0.2) is 68.6 Å². The molecule has 1 amide bonds. The quantitative estimate of drug-likeness (QED) is 0.230. The lowest BCUT2D eigenvalue weighted by atomic mass is 9.95. The summed E-state index contributed by atoms with van der Waals surface area (Å²) in [6.07, 6.45) is 1.42. The first kappa shape index (κ1) is 30.1. The molecule has 1 atom stereocenters. The van der Waals surface area contributed by atoms with Crippen LogP contribution < -0.4 is 15.3 Å². The van der Waals surface area contributed by atoms with Gasteiger partial charge in [-0.05, 0) is 68.5 Å². The number of aryl methyl sites for hydroxylation is 1. The minimum absolute atomic E-state index is 0.156. The number of benzene rings is 3. The van der Waals surface area contributed by atoms with Gasteiger partial charge in [0.25, 0.3) is 0 Å². The third-order valence-electron chi connectivity index (χ3n) is 8.79. The molecular formula is C35H37ClN6O4. The maximum Gasteiger partial charge on any atom is 0.410 e. The monoisotopic (exact) mass is 640 g/mol. The van der Waals surface area contributed by atoms with Gasteiger partial charge < -0.3 is 19.3 Å². The molecule has 0 spiro atoms. The summed E-state index contributed by atoms with van der Waals surface area (Å²) in [5.41, 5.74) is 4.93. The molecule has 0 saturated carbocycles. The molecule has 3 aromatic carbocycles. The first-order valence-electron chi connectivity index (χ1n) is 15.6. The van der Waals surface area contributed by atoms with Crippen molar-refractivity contribution in [3.63, 3.8) is 0 Å². The van der Waals surface area contributed by atoms with Gasteiger partial charge in [0, 0.05) is 30.6 Å². The van der Waals surface area contributed by atoms with E-state index in [-0.39, 0.29) is 24.7 Å². The standard InChI is InChI=1S/C35H37ClN6O4/c1-19(2)22-9-7-8-10-26(22)42-27-15-23(28-20(3)11-12-25-24(28)16-37-39-25)30(36)31-29(27)32(38-33(42)43)41-14-13-40(17-21(41)18-45-31)34(44)46-35(4,5)6/h7-12,15-16,19,21H,13-14,17-18H2,1-6H3,(H,37,39). The average molecular weight is 641 g/mol. The Hall–Kier alpha value is -4.57. The molecule has 11 heteroatoms. The molecule has 2 aromatic heterocycles. The van der Waals surface area contributed by atoms with Gasteiger partial charge in [-0.15, -0.1) is 0 Å². The van der Waals surface area contributed by atoms with Gasteiger partial charge >= 0.3 is 11.8 Å². The molecule has 7 rings (SSSR count). The maximum atomic E-state index is 14.3. The highest BCUT2D eigenvalue weighted by Crippen LogP contribution is 2.48. The largest absolute Gasteiger partial charge is 0.489 e. The number of carbonyl (C=O) groups excluding carboxylic acids is 1. The second-order valence-electron chi connectivity index (χ2n) is 13.4. The predicted molar refractivity (Wildman–Crippen MR) is 181 cm³/mol. The number of amides is 1. The number of halogens is 1. The summed E-state index contributed by atoms with van der Waals surface area (Å²) in [5, 5.41) is 9.36. The molecule has 4 heterocycles. The Morgan fingerprint density at radius 2 is 1.93 bits per heavy atom. The summed E-state index contributed by atoms with van der Waals surface area (Å²) >= 11 is 7.34. The number of aromatic amines is 1. The van der Waals surface area contributed by atoms with Crippen LogP contribution in [-0.2, 0) is 4.74 Å². The lowest BCUT2D eigenvalue weighted by molar-refractivity contribution is 0.0202. The zero-order chi connectivity index (χ0) is 32.5.